The van der Waals surface area contributed by atoms with Gasteiger partial charge in [0.1, 0.15) is 0 Å². The summed E-state index contributed by atoms with van der Waals surface area (Å²) in [6.07, 6.45) is 0. The van der Waals surface area contributed by atoms with Gasteiger partial charge in [-0.25, -0.2) is 17.9 Å². The van der Waals surface area contributed by atoms with Crippen molar-refractivity contribution in [2.75, 3.05) is 16.0 Å². The number of anilines is 3. The van der Waals surface area contributed by atoms with Gasteiger partial charge in [0.05, 0.1) is 4.90 Å². The minimum Gasteiger partial charge on any atom is -0.322 e. The lowest BCUT2D eigenvalue weighted by atomic mass is 10.2. The summed E-state index contributed by atoms with van der Waals surface area (Å²) in [5.74, 6) is -0.475. The molecule has 0 aliphatic rings. The summed E-state index contributed by atoms with van der Waals surface area (Å²) in [4.78, 5) is 24.8. The highest BCUT2D eigenvalue weighted by molar-refractivity contribution is 7.89. The van der Waals surface area contributed by atoms with Crippen LogP contribution in [0, 0.1) is 0 Å². The van der Waals surface area contributed by atoms with E-state index in [1.807, 2.05) is 18.2 Å². The Labute approximate surface area is 187 Å². The molecule has 3 aromatic rings. The highest BCUT2D eigenvalue weighted by Gasteiger charge is 2.17. The molecular weight excluding hydrogens is 428 g/mol. The van der Waals surface area contributed by atoms with Crippen LogP contribution in [0.2, 0.25) is 0 Å². The van der Waals surface area contributed by atoms with Crippen molar-refractivity contribution in [3.63, 3.8) is 0 Å². The maximum atomic E-state index is 12.7. The monoisotopic (exact) mass is 452 g/mol. The Morgan fingerprint density at radius 3 is 2.00 bits per heavy atom. The summed E-state index contributed by atoms with van der Waals surface area (Å²) in [6.45, 7) is 3.44. The average Bonchev–Trinajstić information content (AvgIpc) is 2.74. The van der Waals surface area contributed by atoms with Crippen molar-refractivity contribution < 1.29 is 18.0 Å². The molecule has 32 heavy (non-hydrogen) atoms. The summed E-state index contributed by atoms with van der Waals surface area (Å²) in [6, 6.07) is 20.7. The van der Waals surface area contributed by atoms with E-state index in [1.165, 1.54) is 24.3 Å². The summed E-state index contributed by atoms with van der Waals surface area (Å²) in [5.41, 5.74) is 1.77. The number of hydrogen-bond donors (Lipinski definition) is 4. The third-order valence-corrected chi connectivity index (χ3v) is 5.86. The van der Waals surface area contributed by atoms with E-state index in [4.69, 9.17) is 0 Å². The fourth-order valence-electron chi connectivity index (χ4n) is 2.88. The van der Waals surface area contributed by atoms with Gasteiger partial charge in [0, 0.05) is 28.7 Å². The molecule has 0 aliphatic heterocycles. The third-order valence-electron chi connectivity index (χ3n) is 4.21. The van der Waals surface area contributed by atoms with Crippen molar-refractivity contribution in [2.45, 2.75) is 24.8 Å². The Morgan fingerprint density at radius 2 is 1.31 bits per heavy atom. The van der Waals surface area contributed by atoms with E-state index < -0.39 is 22.0 Å². The zero-order valence-electron chi connectivity index (χ0n) is 17.6. The number of hydrogen-bond acceptors (Lipinski definition) is 4. The van der Waals surface area contributed by atoms with Crippen molar-refractivity contribution in [3.05, 3.63) is 84.4 Å². The van der Waals surface area contributed by atoms with Gasteiger partial charge in [-0.3, -0.25) is 4.79 Å². The molecule has 0 heterocycles. The van der Waals surface area contributed by atoms with Crippen LogP contribution in [0.15, 0.2) is 83.8 Å². The van der Waals surface area contributed by atoms with E-state index >= 15 is 0 Å². The van der Waals surface area contributed by atoms with Gasteiger partial charge in [-0.1, -0.05) is 30.3 Å². The normalized spacial score (nSPS) is 11.1. The number of nitrogens with one attached hydrogen (secondary N) is 4. The number of benzene rings is 3. The van der Waals surface area contributed by atoms with E-state index in [-0.39, 0.29) is 16.5 Å². The molecule has 3 rings (SSSR count). The molecule has 9 heteroatoms. The predicted octanol–water partition coefficient (Wildman–Crippen LogP) is 4.27. The molecule has 0 bridgehead atoms. The lowest BCUT2D eigenvalue weighted by Crippen LogP contribution is -2.30. The van der Waals surface area contributed by atoms with E-state index in [9.17, 15) is 18.0 Å². The van der Waals surface area contributed by atoms with Crippen LogP contribution in [0.1, 0.15) is 24.2 Å². The Bertz CT molecular complexity index is 1210. The number of rotatable bonds is 7. The molecule has 0 unspecified atom stereocenters. The van der Waals surface area contributed by atoms with E-state index in [0.29, 0.717) is 17.1 Å². The smallest absolute Gasteiger partial charge is 0.322 e. The maximum absolute atomic E-state index is 12.7. The maximum Gasteiger partial charge on any atom is 0.323 e. The van der Waals surface area contributed by atoms with Gasteiger partial charge in [-0.05, 0) is 62.4 Å². The molecule has 3 amide bonds. The summed E-state index contributed by atoms with van der Waals surface area (Å²) in [5, 5.41) is 8.13. The Hall–Kier alpha value is -3.69. The standard InChI is InChI=1S/C23H24N4O4S/c1-16(2)27-32(30,31)21-13-6-8-17(14-21)22(28)24-19-11-7-12-20(15-19)26-23(29)25-18-9-4-3-5-10-18/h3-16,27H,1-2H3,(H,24,28)(H2,25,26,29). The largest absolute Gasteiger partial charge is 0.323 e. The van der Waals surface area contributed by atoms with Crippen LogP contribution in [-0.4, -0.2) is 26.4 Å². The fourth-order valence-corrected chi connectivity index (χ4v) is 4.17. The second-order valence-corrected chi connectivity index (χ2v) is 9.00. The molecular formula is C23H24N4O4S. The SMILES string of the molecule is CC(C)NS(=O)(=O)c1cccc(C(=O)Nc2cccc(NC(=O)Nc3ccccc3)c2)c1. The second kappa shape index (κ2) is 10.1. The molecule has 0 radical (unpaired) electrons. The van der Waals surface area contributed by atoms with Crippen molar-refractivity contribution in [1.29, 1.82) is 0 Å². The van der Waals surface area contributed by atoms with Crippen molar-refractivity contribution in [3.8, 4) is 0 Å². The topological polar surface area (TPSA) is 116 Å². The first-order valence-corrected chi connectivity index (χ1v) is 11.4. The average molecular weight is 453 g/mol. The van der Waals surface area contributed by atoms with Crippen LogP contribution < -0.4 is 20.7 Å². The minimum absolute atomic E-state index is 0.00634. The lowest BCUT2D eigenvalue weighted by molar-refractivity contribution is 0.102. The molecule has 0 saturated carbocycles. The van der Waals surface area contributed by atoms with Crippen molar-refractivity contribution >= 4 is 39.0 Å². The summed E-state index contributed by atoms with van der Waals surface area (Å²) >= 11 is 0. The van der Waals surface area contributed by atoms with Gasteiger partial charge in [0.15, 0.2) is 0 Å². The zero-order valence-corrected chi connectivity index (χ0v) is 18.4. The van der Waals surface area contributed by atoms with Crippen LogP contribution in [0.4, 0.5) is 21.9 Å². The molecule has 0 aromatic heterocycles. The minimum atomic E-state index is -3.72. The number of sulfonamides is 1. The van der Waals surface area contributed by atoms with Gasteiger partial charge in [0.25, 0.3) is 5.91 Å². The highest BCUT2D eigenvalue weighted by Crippen LogP contribution is 2.18. The summed E-state index contributed by atoms with van der Waals surface area (Å²) in [7, 11) is -3.72. The first kappa shape index (κ1) is 23.0. The molecule has 4 N–H and O–H groups in total. The molecule has 0 aliphatic carbocycles. The first-order valence-electron chi connectivity index (χ1n) is 9.90. The lowest BCUT2D eigenvalue weighted by Gasteiger charge is -2.12. The first-order chi connectivity index (χ1) is 15.2. The van der Waals surface area contributed by atoms with Crippen LogP contribution in [0.25, 0.3) is 0 Å². The molecule has 0 atom stereocenters. The molecule has 0 spiro atoms. The fraction of sp³-hybridized carbons (Fsp3) is 0.130. The Morgan fingerprint density at radius 1 is 0.719 bits per heavy atom. The number of carbonyl (C=O) groups excluding carboxylic acids is 2. The Balaban J connectivity index is 1.68. The van der Waals surface area contributed by atoms with Crippen LogP contribution in [0.3, 0.4) is 0 Å². The molecule has 0 saturated heterocycles. The van der Waals surface area contributed by atoms with E-state index in [1.54, 1.807) is 50.2 Å². The van der Waals surface area contributed by atoms with Crippen molar-refractivity contribution in [2.24, 2.45) is 0 Å². The van der Waals surface area contributed by atoms with Crippen LogP contribution in [-0.2, 0) is 10.0 Å². The quantitative estimate of drug-likeness (QED) is 0.428. The highest BCUT2D eigenvalue weighted by atomic mass is 32.2. The number of amides is 3. The van der Waals surface area contributed by atoms with Crippen LogP contribution >= 0.6 is 0 Å². The van der Waals surface area contributed by atoms with Crippen LogP contribution in [0.5, 0.6) is 0 Å². The van der Waals surface area contributed by atoms with Crippen molar-refractivity contribution in [1.82, 2.24) is 4.72 Å². The predicted molar refractivity (Wildman–Crippen MR) is 125 cm³/mol. The second-order valence-electron chi connectivity index (χ2n) is 7.28. The van der Waals surface area contributed by atoms with Gasteiger partial charge in [0.2, 0.25) is 10.0 Å². The van der Waals surface area contributed by atoms with Gasteiger partial charge < -0.3 is 16.0 Å². The summed E-state index contributed by atoms with van der Waals surface area (Å²) < 4.78 is 27.2. The molecule has 8 nitrogen and oxygen atoms in total. The molecule has 3 aromatic carbocycles. The van der Waals surface area contributed by atoms with Gasteiger partial charge in [-0.2, -0.15) is 0 Å². The zero-order chi connectivity index (χ0) is 23.1. The molecule has 166 valence electrons. The number of urea groups is 1. The van der Waals surface area contributed by atoms with Gasteiger partial charge in [-0.15, -0.1) is 0 Å². The van der Waals surface area contributed by atoms with E-state index in [2.05, 4.69) is 20.7 Å². The molecule has 0 fully saturated rings. The van der Waals surface area contributed by atoms with E-state index in [0.717, 1.165) is 0 Å². The van der Waals surface area contributed by atoms with Gasteiger partial charge >= 0.3 is 6.03 Å². The third kappa shape index (κ3) is 6.40. The number of carbonyl (C=O) groups is 2. The Kier molecular flexibility index (Phi) is 7.24. The number of para-hydroxylation sites is 1.